The lowest BCUT2D eigenvalue weighted by Gasteiger charge is -2.55. The largest absolute Gasteiger partial charge is 0.507 e. The highest BCUT2D eigenvalue weighted by Crippen LogP contribution is 2.64. The Morgan fingerprint density at radius 3 is 2.23 bits per heavy atom. The van der Waals surface area contributed by atoms with Gasteiger partial charge in [-0.2, -0.15) is 0 Å². The second-order valence-corrected chi connectivity index (χ2v) is 14.4. The van der Waals surface area contributed by atoms with Crippen molar-refractivity contribution >= 4 is 51.4 Å². The lowest BCUT2D eigenvalue weighted by atomic mass is 9.44. The van der Waals surface area contributed by atoms with Crippen LogP contribution < -0.4 is 4.90 Å². The van der Waals surface area contributed by atoms with Gasteiger partial charge in [0.25, 0.3) is 0 Å². The van der Waals surface area contributed by atoms with Crippen molar-refractivity contribution in [1.82, 2.24) is 0 Å². The van der Waals surface area contributed by atoms with Gasteiger partial charge in [0.15, 0.2) is 11.6 Å². The quantitative estimate of drug-likeness (QED) is 0.146. The van der Waals surface area contributed by atoms with Crippen molar-refractivity contribution in [3.05, 3.63) is 161 Å². The van der Waals surface area contributed by atoms with E-state index in [1.807, 2.05) is 91.0 Å². The summed E-state index contributed by atoms with van der Waals surface area (Å²) < 4.78 is 0. The molecule has 0 bridgehead atoms. The topological polar surface area (TPSA) is 129 Å². The van der Waals surface area contributed by atoms with Gasteiger partial charge in [0, 0.05) is 28.4 Å². The van der Waals surface area contributed by atoms with Crippen molar-refractivity contribution in [2.45, 2.75) is 24.2 Å². The monoisotopic (exact) mass is 699 g/mol. The van der Waals surface area contributed by atoms with Gasteiger partial charge in [-0.1, -0.05) is 115 Å². The van der Waals surface area contributed by atoms with E-state index in [-0.39, 0.29) is 47.0 Å². The summed E-state index contributed by atoms with van der Waals surface area (Å²) in [6.07, 6.45) is 3.72. The predicted octanol–water partition coefficient (Wildman–Crippen LogP) is 7.27. The molecule has 0 radical (unpaired) electrons. The Morgan fingerprint density at radius 2 is 1.47 bits per heavy atom. The van der Waals surface area contributed by atoms with Crippen molar-refractivity contribution in [3.8, 4) is 5.75 Å². The summed E-state index contributed by atoms with van der Waals surface area (Å²) in [5.74, 6) is -6.69. The van der Waals surface area contributed by atoms with Gasteiger partial charge in [-0.05, 0) is 59.5 Å². The lowest BCUT2D eigenvalue weighted by molar-refractivity contribution is -0.135. The van der Waals surface area contributed by atoms with E-state index in [0.29, 0.717) is 22.1 Å². The number of carbonyl (C=O) groups is 5. The third-order valence-electron chi connectivity index (χ3n) is 12.0. The Morgan fingerprint density at radius 1 is 0.755 bits per heavy atom. The molecule has 53 heavy (non-hydrogen) atoms. The molecule has 9 rings (SSSR count). The van der Waals surface area contributed by atoms with Gasteiger partial charge in [-0.25, -0.2) is 4.79 Å². The standard InChI is InChI=1S/C45H33NO7/c47-37-24-34(25-10-3-1-4-11-25)41(49)36-23-35-31(20-21-32-38(35)43(51)46(42(32)50)29-16-9-13-27(22-29)44(52)53)39(45(36,37)28-14-5-2-6-15-28)33-19-18-26-12-7-8-17-30(26)40(33)48/h1-20,22,24,32,35-36,38-39,48H,21,23H2,(H,52,53). The normalized spacial score (nSPS) is 26.4. The van der Waals surface area contributed by atoms with Gasteiger partial charge < -0.3 is 10.2 Å². The molecule has 5 aromatic carbocycles. The smallest absolute Gasteiger partial charge is 0.335 e. The fraction of sp³-hybridized carbons (Fsp3) is 0.178. The number of ketones is 2. The number of Topliss-reactive ketones (excluding diaryl/α,β-unsaturated/α-hetero) is 1. The maximum absolute atomic E-state index is 15.3. The number of aromatic hydroxyl groups is 1. The number of phenols is 1. The number of allylic oxidation sites excluding steroid dienone is 4. The lowest BCUT2D eigenvalue weighted by Crippen LogP contribution is -2.58. The number of anilines is 1. The molecule has 1 aliphatic heterocycles. The van der Waals surface area contributed by atoms with E-state index in [2.05, 4.69) is 0 Å². The molecule has 2 amide bonds. The number of carboxylic acid groups (broad SMARTS) is 1. The van der Waals surface area contributed by atoms with Gasteiger partial charge in [0.05, 0.1) is 28.5 Å². The van der Waals surface area contributed by atoms with Crippen LogP contribution in [0.5, 0.6) is 5.75 Å². The highest BCUT2D eigenvalue weighted by molar-refractivity contribution is 6.32. The first-order valence-corrected chi connectivity index (χ1v) is 17.7. The van der Waals surface area contributed by atoms with Crippen LogP contribution in [0.3, 0.4) is 0 Å². The SMILES string of the molecule is O=C(O)c1cccc(N2C(=O)C3CC=C4C(CC5C(=O)C(c6ccccc6)=CC(=O)C5(c5ccccc5)C4c4ccc5ccccc5c4O)C3C2=O)c1. The van der Waals surface area contributed by atoms with Crippen LogP contribution in [-0.2, 0) is 24.6 Å². The minimum Gasteiger partial charge on any atom is -0.507 e. The van der Waals surface area contributed by atoms with Crippen molar-refractivity contribution < 1.29 is 34.2 Å². The first-order chi connectivity index (χ1) is 25.7. The van der Waals surface area contributed by atoms with Crippen molar-refractivity contribution in [3.63, 3.8) is 0 Å². The Kier molecular flexibility index (Phi) is 7.41. The molecule has 1 saturated carbocycles. The second kappa shape index (κ2) is 12.1. The van der Waals surface area contributed by atoms with Crippen LogP contribution in [0.25, 0.3) is 16.3 Å². The number of carbonyl (C=O) groups excluding carboxylic acids is 4. The third kappa shape index (κ3) is 4.64. The van der Waals surface area contributed by atoms with Crippen LogP contribution in [0.15, 0.2) is 139 Å². The van der Waals surface area contributed by atoms with Gasteiger partial charge in [-0.15, -0.1) is 0 Å². The van der Waals surface area contributed by atoms with Crippen LogP contribution in [0.4, 0.5) is 5.69 Å². The maximum Gasteiger partial charge on any atom is 0.335 e. The van der Waals surface area contributed by atoms with E-state index < -0.39 is 52.8 Å². The van der Waals surface area contributed by atoms with E-state index in [0.717, 1.165) is 15.9 Å². The summed E-state index contributed by atoms with van der Waals surface area (Å²) in [4.78, 5) is 72.1. The molecule has 2 N–H and O–H groups in total. The van der Waals surface area contributed by atoms with E-state index in [9.17, 15) is 24.6 Å². The molecular weight excluding hydrogens is 666 g/mol. The van der Waals surface area contributed by atoms with Crippen molar-refractivity contribution in [2.75, 3.05) is 4.90 Å². The van der Waals surface area contributed by atoms with E-state index in [1.165, 1.54) is 24.3 Å². The van der Waals surface area contributed by atoms with Gasteiger partial charge >= 0.3 is 5.97 Å². The third-order valence-corrected chi connectivity index (χ3v) is 12.0. The number of hydrogen-bond donors (Lipinski definition) is 2. The summed E-state index contributed by atoms with van der Waals surface area (Å²) in [6, 6.07) is 35.2. The van der Waals surface area contributed by atoms with Crippen LogP contribution in [0, 0.1) is 23.7 Å². The molecule has 260 valence electrons. The maximum atomic E-state index is 15.3. The molecule has 8 heteroatoms. The number of hydrogen-bond acceptors (Lipinski definition) is 6. The number of rotatable bonds is 5. The second-order valence-electron chi connectivity index (χ2n) is 14.4. The predicted molar refractivity (Wildman–Crippen MR) is 198 cm³/mol. The van der Waals surface area contributed by atoms with Crippen LogP contribution >= 0.6 is 0 Å². The molecule has 4 aliphatic rings. The first kappa shape index (κ1) is 32.5. The number of aromatic carboxylic acids is 1. The number of imide groups is 1. The molecule has 5 aromatic rings. The number of nitrogens with zero attached hydrogens (tertiary/aromatic N) is 1. The Labute approximate surface area is 304 Å². The number of phenolic OH excluding ortho intramolecular Hbond substituents is 1. The molecule has 1 saturated heterocycles. The summed E-state index contributed by atoms with van der Waals surface area (Å²) in [7, 11) is 0. The summed E-state index contributed by atoms with van der Waals surface area (Å²) in [5, 5.41) is 23.2. The molecule has 3 aliphatic carbocycles. The Hall–Kier alpha value is -6.41. The molecule has 0 aromatic heterocycles. The molecule has 8 nitrogen and oxygen atoms in total. The number of carboxylic acids is 1. The molecule has 2 fully saturated rings. The van der Waals surface area contributed by atoms with Crippen LogP contribution in [0.1, 0.15) is 45.8 Å². The molecular formula is C45H33NO7. The molecule has 1 heterocycles. The number of fused-ring (bicyclic) bond motifs is 5. The van der Waals surface area contributed by atoms with E-state index >= 15 is 9.59 Å². The zero-order valence-electron chi connectivity index (χ0n) is 28.4. The van der Waals surface area contributed by atoms with E-state index in [4.69, 9.17) is 0 Å². The fourth-order valence-electron chi connectivity index (χ4n) is 9.76. The minimum absolute atomic E-state index is 0.00940. The van der Waals surface area contributed by atoms with E-state index in [1.54, 1.807) is 18.2 Å². The molecule has 6 atom stereocenters. The summed E-state index contributed by atoms with van der Waals surface area (Å²) in [6.45, 7) is 0. The zero-order valence-corrected chi connectivity index (χ0v) is 28.4. The van der Waals surface area contributed by atoms with Gasteiger partial charge in [-0.3, -0.25) is 24.1 Å². The Bertz CT molecular complexity index is 2470. The zero-order chi connectivity index (χ0) is 36.6. The van der Waals surface area contributed by atoms with Crippen molar-refractivity contribution in [2.24, 2.45) is 23.7 Å². The molecule has 6 unspecified atom stereocenters. The van der Waals surface area contributed by atoms with Crippen LogP contribution in [-0.4, -0.2) is 39.6 Å². The average molecular weight is 700 g/mol. The van der Waals surface area contributed by atoms with Crippen LogP contribution in [0.2, 0.25) is 0 Å². The highest BCUT2D eigenvalue weighted by atomic mass is 16.4. The summed E-state index contributed by atoms with van der Waals surface area (Å²) >= 11 is 0. The highest BCUT2D eigenvalue weighted by Gasteiger charge is 2.66. The van der Waals surface area contributed by atoms with Gasteiger partial charge in [0.2, 0.25) is 11.8 Å². The van der Waals surface area contributed by atoms with Gasteiger partial charge in [0.1, 0.15) is 5.75 Å². The average Bonchev–Trinajstić information content (AvgIpc) is 3.45. The number of amides is 2. The molecule has 0 spiro atoms. The number of benzene rings is 5. The summed E-state index contributed by atoms with van der Waals surface area (Å²) in [5.41, 5.74) is 1.36. The Balaban J connectivity index is 1.29. The minimum atomic E-state index is -1.48. The van der Waals surface area contributed by atoms with Crippen molar-refractivity contribution in [1.29, 1.82) is 0 Å². The first-order valence-electron chi connectivity index (χ1n) is 17.7. The fourth-order valence-corrected chi connectivity index (χ4v) is 9.76.